The van der Waals surface area contributed by atoms with Gasteiger partial charge in [0.2, 0.25) is 0 Å². The maximum atomic E-state index is 12.4. The van der Waals surface area contributed by atoms with Crippen LogP contribution in [0.3, 0.4) is 0 Å². The molecule has 0 atom stereocenters. The van der Waals surface area contributed by atoms with E-state index >= 15 is 0 Å². The van der Waals surface area contributed by atoms with Gasteiger partial charge in [-0.2, -0.15) is 11.8 Å². The summed E-state index contributed by atoms with van der Waals surface area (Å²) in [6, 6.07) is 13.5. The van der Waals surface area contributed by atoms with E-state index < -0.39 is 0 Å². The quantitative estimate of drug-likeness (QED) is 0.829. The summed E-state index contributed by atoms with van der Waals surface area (Å²) in [6.07, 6.45) is 0. The van der Waals surface area contributed by atoms with Crippen LogP contribution in [-0.4, -0.2) is 11.2 Å². The normalized spacial score (nSPS) is 10.8. The Hall–Kier alpha value is -1.78. The second kappa shape index (κ2) is 8.18. The molecular formula is C19H24N2OS. The van der Waals surface area contributed by atoms with E-state index in [1.54, 1.807) is 0 Å². The molecular weight excluding hydrogens is 304 g/mol. The summed E-state index contributed by atoms with van der Waals surface area (Å²) in [7, 11) is 0. The molecule has 0 bridgehead atoms. The summed E-state index contributed by atoms with van der Waals surface area (Å²) in [5.41, 5.74) is 10.5. The van der Waals surface area contributed by atoms with Crippen molar-refractivity contribution >= 4 is 23.4 Å². The fourth-order valence-corrected chi connectivity index (χ4v) is 3.04. The SMILES string of the molecule is Cc1c(CSC(C)C)cccc1NC(=O)c1ccc(CN)cc1. The van der Waals surface area contributed by atoms with Gasteiger partial charge in [-0.15, -0.1) is 0 Å². The van der Waals surface area contributed by atoms with Crippen molar-refractivity contribution < 1.29 is 4.79 Å². The molecule has 0 aromatic heterocycles. The van der Waals surface area contributed by atoms with Crippen molar-refractivity contribution in [3.05, 3.63) is 64.7 Å². The Morgan fingerprint density at radius 3 is 2.48 bits per heavy atom. The minimum Gasteiger partial charge on any atom is -0.326 e. The number of hydrogen-bond donors (Lipinski definition) is 2. The van der Waals surface area contributed by atoms with Gasteiger partial charge in [-0.3, -0.25) is 4.79 Å². The lowest BCUT2D eigenvalue weighted by molar-refractivity contribution is 0.102. The van der Waals surface area contributed by atoms with Crippen molar-refractivity contribution in [3.63, 3.8) is 0 Å². The van der Waals surface area contributed by atoms with Gasteiger partial charge in [0.15, 0.2) is 0 Å². The molecule has 3 nitrogen and oxygen atoms in total. The zero-order chi connectivity index (χ0) is 16.8. The summed E-state index contributed by atoms with van der Waals surface area (Å²) in [5, 5.41) is 3.60. The first-order chi connectivity index (χ1) is 11.0. The zero-order valence-electron chi connectivity index (χ0n) is 13.9. The van der Waals surface area contributed by atoms with Crippen LogP contribution in [-0.2, 0) is 12.3 Å². The van der Waals surface area contributed by atoms with Gasteiger partial charge in [0.1, 0.15) is 0 Å². The minimum atomic E-state index is -0.0923. The Morgan fingerprint density at radius 2 is 1.87 bits per heavy atom. The van der Waals surface area contributed by atoms with Gasteiger partial charge in [0.25, 0.3) is 5.91 Å². The van der Waals surface area contributed by atoms with Gasteiger partial charge in [0, 0.05) is 23.5 Å². The van der Waals surface area contributed by atoms with Crippen LogP contribution in [0.25, 0.3) is 0 Å². The molecule has 0 spiro atoms. The summed E-state index contributed by atoms with van der Waals surface area (Å²) >= 11 is 1.90. The lowest BCUT2D eigenvalue weighted by atomic mass is 10.1. The molecule has 0 heterocycles. The minimum absolute atomic E-state index is 0.0923. The molecule has 2 rings (SSSR count). The summed E-state index contributed by atoms with van der Waals surface area (Å²) in [6.45, 7) is 6.92. The number of hydrogen-bond acceptors (Lipinski definition) is 3. The van der Waals surface area contributed by atoms with Crippen LogP contribution in [0.5, 0.6) is 0 Å². The third-order valence-electron chi connectivity index (χ3n) is 3.72. The monoisotopic (exact) mass is 328 g/mol. The molecule has 1 amide bonds. The Labute approximate surface area is 142 Å². The van der Waals surface area contributed by atoms with Crippen LogP contribution < -0.4 is 11.1 Å². The number of benzene rings is 2. The fraction of sp³-hybridized carbons (Fsp3) is 0.316. The largest absolute Gasteiger partial charge is 0.326 e. The van der Waals surface area contributed by atoms with E-state index in [1.807, 2.05) is 48.2 Å². The van der Waals surface area contributed by atoms with Crippen molar-refractivity contribution in [2.45, 2.75) is 38.3 Å². The van der Waals surface area contributed by atoms with Gasteiger partial charge in [0.05, 0.1) is 0 Å². The fourth-order valence-electron chi connectivity index (χ4n) is 2.22. The van der Waals surface area contributed by atoms with Gasteiger partial charge in [-0.05, 0) is 47.1 Å². The van der Waals surface area contributed by atoms with Gasteiger partial charge in [-0.25, -0.2) is 0 Å². The molecule has 23 heavy (non-hydrogen) atoms. The number of nitrogens with two attached hydrogens (primary N) is 1. The smallest absolute Gasteiger partial charge is 0.255 e. The first-order valence-corrected chi connectivity index (χ1v) is 8.86. The van der Waals surface area contributed by atoms with Gasteiger partial charge in [-0.1, -0.05) is 38.1 Å². The predicted molar refractivity (Wildman–Crippen MR) is 99.9 cm³/mol. The van der Waals surface area contributed by atoms with Crippen LogP contribution in [0.1, 0.15) is 40.9 Å². The second-order valence-corrected chi connectivity index (χ2v) is 7.37. The van der Waals surface area contributed by atoms with Gasteiger partial charge < -0.3 is 11.1 Å². The summed E-state index contributed by atoms with van der Waals surface area (Å²) in [5.74, 6) is 0.864. The molecule has 2 aromatic rings. The van der Waals surface area contributed by atoms with Crippen LogP contribution in [0, 0.1) is 6.92 Å². The maximum absolute atomic E-state index is 12.4. The lowest BCUT2D eigenvalue weighted by Gasteiger charge is -2.13. The highest BCUT2D eigenvalue weighted by atomic mass is 32.2. The number of carbonyl (C=O) groups excluding carboxylic acids is 1. The third-order valence-corrected chi connectivity index (χ3v) is 4.86. The van der Waals surface area contributed by atoms with Crippen molar-refractivity contribution in [1.29, 1.82) is 0 Å². The standard InChI is InChI=1S/C19H24N2OS/c1-13(2)23-12-17-5-4-6-18(14(17)3)21-19(22)16-9-7-15(11-20)8-10-16/h4-10,13H,11-12,20H2,1-3H3,(H,21,22). The van der Waals surface area contributed by atoms with E-state index in [2.05, 4.69) is 32.2 Å². The number of carbonyl (C=O) groups is 1. The van der Waals surface area contributed by atoms with E-state index in [1.165, 1.54) is 5.56 Å². The number of nitrogens with one attached hydrogen (secondary N) is 1. The van der Waals surface area contributed by atoms with E-state index in [0.29, 0.717) is 17.4 Å². The van der Waals surface area contributed by atoms with Crippen LogP contribution in [0.4, 0.5) is 5.69 Å². The summed E-state index contributed by atoms with van der Waals surface area (Å²) in [4.78, 5) is 12.4. The Kier molecular flexibility index (Phi) is 6.25. The van der Waals surface area contributed by atoms with Gasteiger partial charge >= 0.3 is 0 Å². The van der Waals surface area contributed by atoms with Crippen LogP contribution >= 0.6 is 11.8 Å². The van der Waals surface area contributed by atoms with Crippen molar-refractivity contribution in [2.75, 3.05) is 5.32 Å². The van der Waals surface area contributed by atoms with Crippen LogP contribution in [0.15, 0.2) is 42.5 Å². The molecule has 4 heteroatoms. The topological polar surface area (TPSA) is 55.1 Å². The number of amides is 1. The lowest BCUT2D eigenvalue weighted by Crippen LogP contribution is -2.13. The first-order valence-electron chi connectivity index (χ1n) is 7.81. The van der Waals surface area contributed by atoms with Crippen molar-refractivity contribution in [2.24, 2.45) is 5.73 Å². The maximum Gasteiger partial charge on any atom is 0.255 e. The molecule has 0 fully saturated rings. The van der Waals surface area contributed by atoms with E-state index in [-0.39, 0.29) is 5.91 Å². The third kappa shape index (κ3) is 4.85. The molecule has 0 saturated carbocycles. The molecule has 0 unspecified atom stereocenters. The molecule has 0 aliphatic heterocycles. The number of thioether (sulfide) groups is 1. The highest BCUT2D eigenvalue weighted by molar-refractivity contribution is 7.99. The molecule has 0 saturated heterocycles. The molecule has 2 aromatic carbocycles. The number of anilines is 1. The first kappa shape index (κ1) is 17.6. The second-order valence-electron chi connectivity index (χ2n) is 5.80. The Balaban J connectivity index is 2.12. The highest BCUT2D eigenvalue weighted by Gasteiger charge is 2.10. The molecule has 0 radical (unpaired) electrons. The summed E-state index contributed by atoms with van der Waals surface area (Å²) < 4.78 is 0. The molecule has 3 N–H and O–H groups in total. The Bertz CT molecular complexity index is 666. The van der Waals surface area contributed by atoms with E-state index in [4.69, 9.17) is 5.73 Å². The molecule has 122 valence electrons. The average Bonchev–Trinajstić information content (AvgIpc) is 2.55. The van der Waals surface area contributed by atoms with Crippen LogP contribution in [0.2, 0.25) is 0 Å². The molecule has 0 aliphatic carbocycles. The number of rotatable bonds is 6. The highest BCUT2D eigenvalue weighted by Crippen LogP contribution is 2.25. The Morgan fingerprint density at radius 1 is 1.17 bits per heavy atom. The predicted octanol–water partition coefficient (Wildman–Crippen LogP) is 4.35. The van der Waals surface area contributed by atoms with Crippen molar-refractivity contribution in [1.82, 2.24) is 0 Å². The average molecular weight is 328 g/mol. The zero-order valence-corrected chi connectivity index (χ0v) is 14.7. The molecule has 0 aliphatic rings. The van der Waals surface area contributed by atoms with E-state index in [0.717, 1.165) is 22.6 Å². The van der Waals surface area contributed by atoms with Crippen molar-refractivity contribution in [3.8, 4) is 0 Å². The van der Waals surface area contributed by atoms with E-state index in [9.17, 15) is 4.79 Å².